The summed E-state index contributed by atoms with van der Waals surface area (Å²) < 4.78 is 0. The highest BCUT2D eigenvalue weighted by molar-refractivity contribution is 7.15. The van der Waals surface area contributed by atoms with Crippen molar-refractivity contribution in [2.75, 3.05) is 38.6 Å². The highest BCUT2D eigenvalue weighted by Gasteiger charge is 2.34. The number of thiazole rings is 1. The molecule has 5 heteroatoms. The molecule has 1 N–H and O–H groups in total. The molecular weight excluding hydrogens is 280 g/mol. The van der Waals surface area contributed by atoms with Crippen molar-refractivity contribution in [2.24, 2.45) is 5.92 Å². The first kappa shape index (κ1) is 15.3. The maximum Gasteiger partial charge on any atom is 0.185 e. The summed E-state index contributed by atoms with van der Waals surface area (Å²) in [6.07, 6.45) is 3.69. The number of hydrogen-bond acceptors (Lipinski definition) is 5. The molecule has 3 unspecified atom stereocenters. The predicted octanol–water partition coefficient (Wildman–Crippen LogP) is 2.52. The third-order valence-electron chi connectivity index (χ3n) is 4.90. The lowest BCUT2D eigenvalue weighted by molar-refractivity contribution is 0.266. The number of anilines is 1. The Hall–Kier alpha value is -0.650. The number of rotatable bonds is 4. The zero-order chi connectivity index (χ0) is 15.0. The summed E-state index contributed by atoms with van der Waals surface area (Å²) in [5.74, 6) is 0.713. The van der Waals surface area contributed by atoms with Crippen LogP contribution in [0.5, 0.6) is 0 Å². The lowest BCUT2D eigenvalue weighted by Gasteiger charge is -2.22. The number of fused-ring (bicyclic) bond motifs is 1. The highest BCUT2D eigenvalue weighted by atomic mass is 32.1. The maximum atomic E-state index is 4.98. The average Bonchev–Trinajstić information content (AvgIpc) is 3.03. The van der Waals surface area contributed by atoms with E-state index in [9.17, 15) is 0 Å². The quantitative estimate of drug-likeness (QED) is 0.926. The summed E-state index contributed by atoms with van der Waals surface area (Å²) in [7, 11) is 4.39. The SMILES string of the molecule is CCNC1CCCc2nc(N3CC(C)C(N(C)C)C3)sc21. The molecule has 0 bridgehead atoms. The fourth-order valence-electron chi connectivity index (χ4n) is 3.76. The zero-order valence-corrected chi connectivity index (χ0v) is 14.5. The molecule has 1 aromatic heterocycles. The van der Waals surface area contributed by atoms with Gasteiger partial charge in [-0.05, 0) is 45.8 Å². The van der Waals surface area contributed by atoms with Gasteiger partial charge in [-0.1, -0.05) is 25.2 Å². The van der Waals surface area contributed by atoms with E-state index >= 15 is 0 Å². The molecule has 1 saturated heterocycles. The fourth-order valence-corrected chi connectivity index (χ4v) is 5.00. The Morgan fingerprint density at radius 1 is 1.38 bits per heavy atom. The van der Waals surface area contributed by atoms with Crippen molar-refractivity contribution >= 4 is 16.5 Å². The van der Waals surface area contributed by atoms with Crippen molar-refractivity contribution in [1.82, 2.24) is 15.2 Å². The number of aromatic nitrogens is 1. The second-order valence-corrected chi connectivity index (χ2v) is 7.73. The lowest BCUT2D eigenvalue weighted by Crippen LogP contribution is -2.34. The topological polar surface area (TPSA) is 31.4 Å². The van der Waals surface area contributed by atoms with Crippen LogP contribution in [-0.2, 0) is 6.42 Å². The molecule has 1 aromatic rings. The molecule has 2 aliphatic rings. The van der Waals surface area contributed by atoms with Gasteiger partial charge in [-0.25, -0.2) is 4.98 Å². The standard InChI is InChI=1S/C16H28N4S/c1-5-17-12-7-6-8-13-15(12)21-16(18-13)20-9-11(2)14(10-20)19(3)4/h11-12,14,17H,5-10H2,1-4H3. The molecule has 4 nitrogen and oxygen atoms in total. The van der Waals surface area contributed by atoms with E-state index in [1.807, 2.05) is 11.3 Å². The largest absolute Gasteiger partial charge is 0.346 e. The molecule has 0 aromatic carbocycles. The van der Waals surface area contributed by atoms with Gasteiger partial charge in [0, 0.05) is 30.1 Å². The lowest BCUT2D eigenvalue weighted by atomic mass is 9.98. The van der Waals surface area contributed by atoms with Crippen molar-refractivity contribution in [3.63, 3.8) is 0 Å². The van der Waals surface area contributed by atoms with Gasteiger partial charge in [0.25, 0.3) is 0 Å². The van der Waals surface area contributed by atoms with E-state index in [-0.39, 0.29) is 0 Å². The van der Waals surface area contributed by atoms with Crippen LogP contribution in [0.1, 0.15) is 43.3 Å². The molecule has 1 aliphatic heterocycles. The van der Waals surface area contributed by atoms with Crippen LogP contribution in [0.2, 0.25) is 0 Å². The van der Waals surface area contributed by atoms with Crippen LogP contribution in [0, 0.1) is 5.92 Å². The zero-order valence-electron chi connectivity index (χ0n) is 13.7. The van der Waals surface area contributed by atoms with E-state index in [4.69, 9.17) is 4.98 Å². The maximum absolute atomic E-state index is 4.98. The number of likely N-dealkylation sites (N-methyl/N-ethyl adjacent to an activating group) is 1. The van der Waals surface area contributed by atoms with E-state index in [0.29, 0.717) is 18.0 Å². The molecule has 3 atom stereocenters. The van der Waals surface area contributed by atoms with E-state index in [1.54, 1.807) is 0 Å². The van der Waals surface area contributed by atoms with Crippen molar-refractivity contribution in [2.45, 2.75) is 45.2 Å². The Bertz CT molecular complexity index is 485. The Morgan fingerprint density at radius 3 is 2.86 bits per heavy atom. The highest BCUT2D eigenvalue weighted by Crippen LogP contribution is 2.39. The van der Waals surface area contributed by atoms with Gasteiger partial charge in [-0.3, -0.25) is 0 Å². The first-order valence-electron chi connectivity index (χ1n) is 8.24. The molecule has 0 radical (unpaired) electrons. The molecule has 118 valence electrons. The minimum absolute atomic E-state index is 0.537. The molecule has 0 spiro atoms. The normalized spacial score (nSPS) is 29.2. The van der Waals surface area contributed by atoms with Crippen molar-refractivity contribution in [1.29, 1.82) is 0 Å². The van der Waals surface area contributed by atoms with E-state index < -0.39 is 0 Å². The summed E-state index contributed by atoms with van der Waals surface area (Å²) in [4.78, 5) is 11.3. The summed E-state index contributed by atoms with van der Waals surface area (Å²) in [5, 5.41) is 4.87. The van der Waals surface area contributed by atoms with Crippen LogP contribution in [0.15, 0.2) is 0 Å². The molecule has 3 rings (SSSR count). The van der Waals surface area contributed by atoms with E-state index in [0.717, 1.165) is 26.1 Å². The molecular formula is C16H28N4S. The molecule has 1 aliphatic carbocycles. The van der Waals surface area contributed by atoms with Gasteiger partial charge in [-0.2, -0.15) is 0 Å². The second kappa shape index (κ2) is 6.23. The summed E-state index contributed by atoms with van der Waals surface area (Å²) in [6, 6.07) is 1.19. The molecule has 0 amide bonds. The van der Waals surface area contributed by atoms with Crippen molar-refractivity contribution < 1.29 is 0 Å². The summed E-state index contributed by atoms with van der Waals surface area (Å²) in [6.45, 7) is 7.86. The first-order chi connectivity index (χ1) is 10.1. The van der Waals surface area contributed by atoms with Gasteiger partial charge in [0.1, 0.15) is 0 Å². The number of aryl methyl sites for hydroxylation is 1. The van der Waals surface area contributed by atoms with Gasteiger partial charge < -0.3 is 15.1 Å². The van der Waals surface area contributed by atoms with Crippen LogP contribution in [0.4, 0.5) is 5.13 Å². The molecule has 21 heavy (non-hydrogen) atoms. The van der Waals surface area contributed by atoms with Crippen LogP contribution in [-0.4, -0.2) is 49.7 Å². The summed E-state index contributed by atoms with van der Waals surface area (Å²) >= 11 is 1.93. The van der Waals surface area contributed by atoms with Crippen molar-refractivity contribution in [3.05, 3.63) is 10.6 Å². The minimum atomic E-state index is 0.537. The Labute approximate surface area is 132 Å². The monoisotopic (exact) mass is 308 g/mol. The smallest absolute Gasteiger partial charge is 0.185 e. The van der Waals surface area contributed by atoms with Crippen LogP contribution in [0.3, 0.4) is 0 Å². The molecule has 0 saturated carbocycles. The average molecular weight is 308 g/mol. The Morgan fingerprint density at radius 2 is 2.19 bits per heavy atom. The van der Waals surface area contributed by atoms with Gasteiger partial charge in [0.15, 0.2) is 5.13 Å². The molecule has 2 heterocycles. The predicted molar refractivity (Wildman–Crippen MR) is 90.3 cm³/mol. The first-order valence-corrected chi connectivity index (χ1v) is 9.06. The number of hydrogen-bond donors (Lipinski definition) is 1. The third-order valence-corrected chi connectivity index (χ3v) is 6.17. The van der Waals surface area contributed by atoms with Crippen LogP contribution >= 0.6 is 11.3 Å². The third kappa shape index (κ3) is 2.96. The Balaban J connectivity index is 1.79. The Kier molecular flexibility index (Phi) is 4.52. The van der Waals surface area contributed by atoms with Crippen molar-refractivity contribution in [3.8, 4) is 0 Å². The molecule has 1 fully saturated rings. The second-order valence-electron chi connectivity index (χ2n) is 6.72. The number of nitrogens with one attached hydrogen (secondary N) is 1. The van der Waals surface area contributed by atoms with Crippen LogP contribution in [0.25, 0.3) is 0 Å². The van der Waals surface area contributed by atoms with Gasteiger partial charge in [0.05, 0.1) is 5.69 Å². The fraction of sp³-hybridized carbons (Fsp3) is 0.812. The number of nitrogens with zero attached hydrogens (tertiary/aromatic N) is 3. The van der Waals surface area contributed by atoms with Gasteiger partial charge >= 0.3 is 0 Å². The van der Waals surface area contributed by atoms with E-state index in [2.05, 4.69) is 43.1 Å². The summed E-state index contributed by atoms with van der Waals surface area (Å²) in [5.41, 5.74) is 1.35. The minimum Gasteiger partial charge on any atom is -0.346 e. The van der Waals surface area contributed by atoms with Gasteiger partial charge in [0.2, 0.25) is 0 Å². The van der Waals surface area contributed by atoms with Crippen LogP contribution < -0.4 is 10.2 Å². The van der Waals surface area contributed by atoms with E-state index in [1.165, 1.54) is 28.5 Å². The van der Waals surface area contributed by atoms with Gasteiger partial charge in [-0.15, -0.1) is 0 Å².